The molecule has 34 heavy (non-hydrogen) atoms. The topological polar surface area (TPSA) is 64.7 Å². The molecule has 1 N–H and O–H groups in total. The monoisotopic (exact) mass is 463 g/mol. The number of alkyl halides is 3. The highest BCUT2D eigenvalue weighted by Crippen LogP contribution is 2.34. The first-order chi connectivity index (χ1) is 16.2. The third-order valence-electron chi connectivity index (χ3n) is 5.82. The number of nitrogens with zero attached hydrogens (tertiary/aromatic N) is 4. The molecule has 0 saturated heterocycles. The Balaban J connectivity index is 1.56. The SMILES string of the molecule is C[C@H](NC(=O)c1ccc2c(c1)c1cn(C)nc1n2-c1ccc(C(F)(F)F)cc1)c1ccncc1. The minimum Gasteiger partial charge on any atom is -0.346 e. The van der Waals surface area contributed by atoms with Crippen LogP contribution in [-0.4, -0.2) is 25.2 Å². The van der Waals surface area contributed by atoms with Crippen molar-refractivity contribution in [3.8, 4) is 5.69 Å². The Bertz CT molecular complexity index is 1500. The Labute approximate surface area is 192 Å². The smallest absolute Gasteiger partial charge is 0.346 e. The van der Waals surface area contributed by atoms with E-state index in [0.717, 1.165) is 34.0 Å². The van der Waals surface area contributed by atoms with Gasteiger partial charge in [-0.3, -0.25) is 19.0 Å². The number of rotatable bonds is 4. The van der Waals surface area contributed by atoms with Gasteiger partial charge in [-0.2, -0.15) is 18.3 Å². The maximum Gasteiger partial charge on any atom is 0.416 e. The standard InChI is InChI=1S/C25H20F3N5O/c1-15(16-9-11-29-12-10-16)30-24(34)17-3-8-22-20(13-17)21-14-32(2)31-23(21)33(22)19-6-4-18(5-7-19)25(26,27)28/h3-15H,1-2H3,(H,30,34)/t15-/m0/s1. The van der Waals surface area contributed by atoms with Crippen molar-refractivity contribution in [3.63, 3.8) is 0 Å². The van der Waals surface area contributed by atoms with Crippen LogP contribution in [0.5, 0.6) is 0 Å². The molecule has 3 heterocycles. The van der Waals surface area contributed by atoms with Crippen molar-refractivity contribution in [2.24, 2.45) is 7.05 Å². The van der Waals surface area contributed by atoms with Crippen molar-refractivity contribution in [1.29, 1.82) is 0 Å². The fraction of sp³-hybridized carbons (Fsp3) is 0.160. The molecule has 172 valence electrons. The largest absolute Gasteiger partial charge is 0.416 e. The van der Waals surface area contributed by atoms with E-state index in [9.17, 15) is 18.0 Å². The summed E-state index contributed by atoms with van der Waals surface area (Å²) in [6.07, 6.45) is 0.771. The van der Waals surface area contributed by atoms with Crippen molar-refractivity contribution in [2.75, 3.05) is 0 Å². The van der Waals surface area contributed by atoms with Crippen LogP contribution < -0.4 is 5.32 Å². The summed E-state index contributed by atoms with van der Waals surface area (Å²) < 4.78 is 42.5. The van der Waals surface area contributed by atoms with E-state index >= 15 is 0 Å². The molecule has 0 spiro atoms. The number of hydrogen-bond donors (Lipinski definition) is 1. The maximum absolute atomic E-state index is 13.0. The summed E-state index contributed by atoms with van der Waals surface area (Å²) in [6, 6.07) is 13.7. The van der Waals surface area contributed by atoms with Gasteiger partial charge in [-0.1, -0.05) is 0 Å². The summed E-state index contributed by atoms with van der Waals surface area (Å²) in [5.74, 6) is -0.231. The van der Waals surface area contributed by atoms with Crippen LogP contribution in [0.1, 0.15) is 34.5 Å². The Morgan fingerprint density at radius 1 is 1.00 bits per heavy atom. The van der Waals surface area contributed by atoms with Crippen molar-refractivity contribution < 1.29 is 18.0 Å². The Morgan fingerprint density at radius 3 is 2.38 bits per heavy atom. The van der Waals surface area contributed by atoms with Gasteiger partial charge in [0, 0.05) is 47.7 Å². The summed E-state index contributed by atoms with van der Waals surface area (Å²) >= 11 is 0. The predicted octanol–water partition coefficient (Wildman–Crippen LogP) is 5.42. The summed E-state index contributed by atoms with van der Waals surface area (Å²) in [5, 5.41) is 9.08. The molecule has 3 aromatic heterocycles. The second-order valence-electron chi connectivity index (χ2n) is 8.13. The molecule has 9 heteroatoms. The first-order valence-electron chi connectivity index (χ1n) is 10.6. The number of fused-ring (bicyclic) bond motifs is 3. The van der Waals surface area contributed by atoms with Crippen molar-refractivity contribution in [1.82, 2.24) is 24.6 Å². The highest BCUT2D eigenvalue weighted by Gasteiger charge is 2.30. The molecular formula is C25H20F3N5O. The molecule has 0 unspecified atom stereocenters. The van der Waals surface area contributed by atoms with E-state index in [-0.39, 0.29) is 11.9 Å². The Kier molecular flexibility index (Phi) is 5.11. The molecule has 1 atom stereocenters. The number of carbonyl (C=O) groups excluding carboxylic acids is 1. The average molecular weight is 463 g/mol. The number of aromatic nitrogens is 4. The summed E-state index contributed by atoms with van der Waals surface area (Å²) in [5.41, 5.74) is 2.59. The van der Waals surface area contributed by atoms with Gasteiger partial charge in [0.05, 0.1) is 17.1 Å². The van der Waals surface area contributed by atoms with E-state index in [4.69, 9.17) is 0 Å². The highest BCUT2D eigenvalue weighted by atomic mass is 19.4. The third-order valence-corrected chi connectivity index (χ3v) is 5.82. The van der Waals surface area contributed by atoms with E-state index in [1.165, 1.54) is 12.1 Å². The number of pyridine rings is 1. The highest BCUT2D eigenvalue weighted by molar-refractivity contribution is 6.10. The second-order valence-corrected chi connectivity index (χ2v) is 8.13. The van der Waals surface area contributed by atoms with Crippen LogP contribution in [0.2, 0.25) is 0 Å². The van der Waals surface area contributed by atoms with E-state index < -0.39 is 11.7 Å². The van der Waals surface area contributed by atoms with E-state index in [0.29, 0.717) is 16.9 Å². The zero-order valence-corrected chi connectivity index (χ0v) is 18.3. The van der Waals surface area contributed by atoms with Gasteiger partial charge < -0.3 is 5.32 Å². The number of carbonyl (C=O) groups is 1. The molecule has 0 aliphatic carbocycles. The minimum atomic E-state index is -4.41. The predicted molar refractivity (Wildman–Crippen MR) is 123 cm³/mol. The molecule has 2 aromatic carbocycles. The molecule has 6 nitrogen and oxygen atoms in total. The minimum absolute atomic E-state index is 0.207. The lowest BCUT2D eigenvalue weighted by molar-refractivity contribution is -0.137. The number of aryl methyl sites for hydroxylation is 1. The van der Waals surface area contributed by atoms with Crippen LogP contribution in [0.15, 0.2) is 73.2 Å². The van der Waals surface area contributed by atoms with Crippen LogP contribution >= 0.6 is 0 Å². The quantitative estimate of drug-likeness (QED) is 0.387. The van der Waals surface area contributed by atoms with Crippen LogP contribution in [0.25, 0.3) is 27.6 Å². The van der Waals surface area contributed by atoms with Crippen LogP contribution in [0, 0.1) is 0 Å². The molecule has 0 aliphatic heterocycles. The average Bonchev–Trinajstić information content (AvgIpc) is 3.33. The lowest BCUT2D eigenvalue weighted by atomic mass is 10.1. The number of benzene rings is 2. The molecule has 0 aliphatic rings. The zero-order chi connectivity index (χ0) is 24.0. The number of halogens is 3. The van der Waals surface area contributed by atoms with Gasteiger partial charge in [0.15, 0.2) is 5.65 Å². The van der Waals surface area contributed by atoms with Gasteiger partial charge in [0.25, 0.3) is 5.91 Å². The van der Waals surface area contributed by atoms with Crippen LogP contribution in [-0.2, 0) is 13.2 Å². The first-order valence-corrected chi connectivity index (χ1v) is 10.6. The third kappa shape index (κ3) is 3.79. The summed E-state index contributed by atoms with van der Waals surface area (Å²) in [6.45, 7) is 1.90. The van der Waals surface area contributed by atoms with Crippen molar-refractivity contribution in [3.05, 3.63) is 89.9 Å². The molecule has 5 aromatic rings. The molecule has 0 fully saturated rings. The molecule has 1 amide bonds. The normalized spacial score (nSPS) is 12.9. The van der Waals surface area contributed by atoms with Gasteiger partial charge in [-0.05, 0) is 67.1 Å². The molecule has 0 radical (unpaired) electrons. The number of nitrogens with one attached hydrogen (secondary N) is 1. The Morgan fingerprint density at radius 2 is 1.71 bits per heavy atom. The van der Waals surface area contributed by atoms with Gasteiger partial charge >= 0.3 is 6.18 Å². The van der Waals surface area contributed by atoms with Crippen LogP contribution in [0.4, 0.5) is 13.2 Å². The first kappa shape index (κ1) is 21.7. The van der Waals surface area contributed by atoms with Gasteiger partial charge in [0.2, 0.25) is 0 Å². The van der Waals surface area contributed by atoms with E-state index in [1.54, 1.807) is 46.9 Å². The van der Waals surface area contributed by atoms with Gasteiger partial charge in [-0.25, -0.2) is 0 Å². The van der Waals surface area contributed by atoms with Crippen molar-refractivity contribution in [2.45, 2.75) is 19.1 Å². The Hall–Kier alpha value is -4.14. The maximum atomic E-state index is 13.0. The summed E-state index contributed by atoms with van der Waals surface area (Å²) in [4.78, 5) is 17.0. The lowest BCUT2D eigenvalue weighted by Crippen LogP contribution is -2.26. The molecule has 5 rings (SSSR count). The number of amides is 1. The van der Waals surface area contributed by atoms with E-state index in [2.05, 4.69) is 15.4 Å². The fourth-order valence-corrected chi connectivity index (χ4v) is 4.11. The van der Waals surface area contributed by atoms with Crippen molar-refractivity contribution >= 4 is 27.8 Å². The second kappa shape index (κ2) is 8.02. The van der Waals surface area contributed by atoms with E-state index in [1.807, 2.05) is 25.3 Å². The molecule has 0 saturated carbocycles. The summed E-state index contributed by atoms with van der Waals surface area (Å²) in [7, 11) is 1.77. The lowest BCUT2D eigenvalue weighted by Gasteiger charge is -2.14. The van der Waals surface area contributed by atoms with Gasteiger partial charge in [-0.15, -0.1) is 0 Å². The molecule has 0 bridgehead atoms. The van der Waals surface area contributed by atoms with Gasteiger partial charge in [0.1, 0.15) is 0 Å². The fourth-order valence-electron chi connectivity index (χ4n) is 4.11. The zero-order valence-electron chi connectivity index (χ0n) is 18.3. The van der Waals surface area contributed by atoms with Crippen LogP contribution in [0.3, 0.4) is 0 Å². The number of hydrogen-bond acceptors (Lipinski definition) is 3. The molecular weight excluding hydrogens is 443 g/mol.